The molecule has 0 saturated carbocycles. The minimum Gasteiger partial charge on any atom is -0.472 e. The first-order valence-electron chi connectivity index (χ1n) is 4.35. The van der Waals surface area contributed by atoms with Gasteiger partial charge in [-0.1, -0.05) is 6.07 Å². The Morgan fingerprint density at radius 2 is 2.36 bits per heavy atom. The van der Waals surface area contributed by atoms with E-state index in [1.54, 1.807) is 23.9 Å². The van der Waals surface area contributed by atoms with E-state index in [9.17, 15) is 0 Å². The third-order valence-corrected chi connectivity index (χ3v) is 3.14. The van der Waals surface area contributed by atoms with Gasteiger partial charge in [-0.3, -0.25) is 5.84 Å². The van der Waals surface area contributed by atoms with E-state index in [-0.39, 0.29) is 6.04 Å². The summed E-state index contributed by atoms with van der Waals surface area (Å²) in [7, 11) is 0. The van der Waals surface area contributed by atoms with Gasteiger partial charge >= 0.3 is 0 Å². The Kier molecular flexibility index (Phi) is 2.67. The third kappa shape index (κ3) is 1.59. The van der Waals surface area contributed by atoms with Gasteiger partial charge in [0.05, 0.1) is 18.6 Å². The average Bonchev–Trinajstić information content (AvgIpc) is 2.80. The van der Waals surface area contributed by atoms with Gasteiger partial charge in [0.2, 0.25) is 0 Å². The van der Waals surface area contributed by atoms with E-state index in [0.717, 1.165) is 11.1 Å². The molecule has 2 aromatic heterocycles. The van der Waals surface area contributed by atoms with E-state index >= 15 is 0 Å². The molecule has 1 atom stereocenters. The Morgan fingerprint density at radius 3 is 2.86 bits per heavy atom. The summed E-state index contributed by atoms with van der Waals surface area (Å²) in [4.78, 5) is 1.19. The molecule has 2 heterocycles. The fraction of sp³-hybridized carbons (Fsp3) is 0.200. The minimum absolute atomic E-state index is 0.0359. The molecule has 0 spiro atoms. The molecule has 0 aliphatic heterocycles. The third-order valence-electron chi connectivity index (χ3n) is 2.20. The normalized spacial score (nSPS) is 13.0. The molecular formula is C10H12N2OS. The smallest absolute Gasteiger partial charge is 0.0957 e. The van der Waals surface area contributed by atoms with Crippen molar-refractivity contribution in [1.82, 2.24) is 5.43 Å². The lowest BCUT2D eigenvalue weighted by Gasteiger charge is -2.12. The molecule has 0 aromatic carbocycles. The minimum atomic E-state index is 0.0359. The molecule has 0 aliphatic carbocycles. The Bertz CT molecular complexity index is 394. The number of hydrogen-bond acceptors (Lipinski definition) is 4. The van der Waals surface area contributed by atoms with Gasteiger partial charge in [0, 0.05) is 10.4 Å². The number of hydrazine groups is 1. The van der Waals surface area contributed by atoms with Crippen LogP contribution in [0.15, 0.2) is 34.5 Å². The second-order valence-corrected chi connectivity index (χ2v) is 4.10. The summed E-state index contributed by atoms with van der Waals surface area (Å²) in [5.74, 6) is 5.54. The van der Waals surface area contributed by atoms with Crippen LogP contribution in [0.1, 0.15) is 22.0 Å². The maximum absolute atomic E-state index is 5.54. The van der Waals surface area contributed by atoms with Gasteiger partial charge in [-0.05, 0) is 23.9 Å². The van der Waals surface area contributed by atoms with Gasteiger partial charge in [-0.2, -0.15) is 0 Å². The monoisotopic (exact) mass is 208 g/mol. The maximum Gasteiger partial charge on any atom is 0.0957 e. The molecule has 3 N–H and O–H groups in total. The molecule has 74 valence electrons. The first-order valence-corrected chi connectivity index (χ1v) is 5.23. The van der Waals surface area contributed by atoms with Crippen molar-refractivity contribution >= 4 is 11.3 Å². The summed E-state index contributed by atoms with van der Waals surface area (Å²) in [6, 6.07) is 4.11. The van der Waals surface area contributed by atoms with Crippen molar-refractivity contribution < 1.29 is 4.42 Å². The van der Waals surface area contributed by atoms with Crippen LogP contribution in [0.25, 0.3) is 0 Å². The highest BCUT2D eigenvalue weighted by atomic mass is 32.1. The molecule has 0 bridgehead atoms. The van der Waals surface area contributed by atoms with Crippen molar-refractivity contribution in [3.8, 4) is 0 Å². The van der Waals surface area contributed by atoms with Crippen molar-refractivity contribution in [3.63, 3.8) is 0 Å². The van der Waals surface area contributed by atoms with Crippen LogP contribution in [0.2, 0.25) is 0 Å². The number of hydrogen-bond donors (Lipinski definition) is 2. The summed E-state index contributed by atoms with van der Waals surface area (Å²) >= 11 is 1.68. The van der Waals surface area contributed by atoms with E-state index in [1.165, 1.54) is 4.88 Å². The van der Waals surface area contributed by atoms with Crippen LogP contribution in [-0.2, 0) is 0 Å². The zero-order valence-electron chi connectivity index (χ0n) is 7.86. The SMILES string of the molecule is Cc1cocc1C(NN)c1cccs1. The Balaban J connectivity index is 2.36. The van der Waals surface area contributed by atoms with E-state index in [1.807, 2.05) is 18.4 Å². The van der Waals surface area contributed by atoms with Crippen molar-refractivity contribution in [2.45, 2.75) is 13.0 Å². The summed E-state index contributed by atoms with van der Waals surface area (Å²) in [6.45, 7) is 2.01. The van der Waals surface area contributed by atoms with Crippen LogP contribution in [0.4, 0.5) is 0 Å². The number of nitrogens with two attached hydrogens (primary N) is 1. The number of rotatable bonds is 3. The lowest BCUT2D eigenvalue weighted by molar-refractivity contribution is 0.554. The summed E-state index contributed by atoms with van der Waals surface area (Å²) < 4.78 is 5.14. The molecule has 2 aromatic rings. The number of thiophene rings is 1. The number of furan rings is 1. The van der Waals surface area contributed by atoms with Gasteiger partial charge < -0.3 is 4.42 Å². The molecule has 4 heteroatoms. The zero-order chi connectivity index (χ0) is 9.97. The molecule has 2 rings (SSSR count). The maximum atomic E-state index is 5.54. The highest BCUT2D eigenvalue weighted by molar-refractivity contribution is 7.10. The molecule has 0 saturated heterocycles. The van der Waals surface area contributed by atoms with Crippen LogP contribution in [-0.4, -0.2) is 0 Å². The van der Waals surface area contributed by atoms with Crippen LogP contribution in [0, 0.1) is 6.92 Å². The predicted octanol–water partition coefficient (Wildman–Crippen LogP) is 2.20. The van der Waals surface area contributed by atoms with Crippen molar-refractivity contribution in [1.29, 1.82) is 0 Å². The highest BCUT2D eigenvalue weighted by Gasteiger charge is 2.16. The first kappa shape index (κ1) is 9.45. The molecule has 0 amide bonds. The zero-order valence-corrected chi connectivity index (χ0v) is 8.67. The Morgan fingerprint density at radius 1 is 1.50 bits per heavy atom. The van der Waals surface area contributed by atoms with E-state index in [0.29, 0.717) is 0 Å². The first-order chi connectivity index (χ1) is 6.83. The van der Waals surface area contributed by atoms with Gasteiger partial charge in [-0.25, -0.2) is 5.43 Å². The van der Waals surface area contributed by atoms with E-state index < -0.39 is 0 Å². The van der Waals surface area contributed by atoms with Gasteiger partial charge in [0.15, 0.2) is 0 Å². The van der Waals surface area contributed by atoms with E-state index in [4.69, 9.17) is 10.3 Å². The van der Waals surface area contributed by atoms with Crippen LogP contribution in [0.5, 0.6) is 0 Å². The van der Waals surface area contributed by atoms with Crippen molar-refractivity contribution in [2.24, 2.45) is 5.84 Å². The second-order valence-electron chi connectivity index (χ2n) is 3.13. The fourth-order valence-corrected chi connectivity index (χ4v) is 2.25. The summed E-state index contributed by atoms with van der Waals surface area (Å²) in [5, 5.41) is 2.04. The van der Waals surface area contributed by atoms with Crippen LogP contribution < -0.4 is 11.3 Å². The molecule has 14 heavy (non-hydrogen) atoms. The van der Waals surface area contributed by atoms with Crippen molar-refractivity contribution in [3.05, 3.63) is 46.0 Å². The van der Waals surface area contributed by atoms with Crippen LogP contribution in [0.3, 0.4) is 0 Å². The summed E-state index contributed by atoms with van der Waals surface area (Å²) in [6.07, 6.45) is 3.47. The fourth-order valence-electron chi connectivity index (χ4n) is 1.45. The molecule has 1 unspecified atom stereocenters. The number of nitrogens with one attached hydrogen (secondary N) is 1. The van der Waals surface area contributed by atoms with Crippen LogP contribution >= 0.6 is 11.3 Å². The Hall–Kier alpha value is -1.10. The average molecular weight is 208 g/mol. The highest BCUT2D eigenvalue weighted by Crippen LogP contribution is 2.27. The summed E-state index contributed by atoms with van der Waals surface area (Å²) in [5.41, 5.74) is 5.00. The molecule has 3 nitrogen and oxygen atoms in total. The van der Waals surface area contributed by atoms with E-state index in [2.05, 4.69) is 11.5 Å². The van der Waals surface area contributed by atoms with Crippen molar-refractivity contribution in [2.75, 3.05) is 0 Å². The molecule has 0 fully saturated rings. The molecule has 0 radical (unpaired) electrons. The standard InChI is InChI=1S/C10H12N2OS/c1-7-5-13-6-8(7)10(12-11)9-3-2-4-14-9/h2-6,10,12H,11H2,1H3. The lowest BCUT2D eigenvalue weighted by atomic mass is 10.1. The molecular weight excluding hydrogens is 196 g/mol. The lowest BCUT2D eigenvalue weighted by Crippen LogP contribution is -2.28. The van der Waals surface area contributed by atoms with Gasteiger partial charge in [0.25, 0.3) is 0 Å². The van der Waals surface area contributed by atoms with Gasteiger partial charge in [0.1, 0.15) is 0 Å². The topological polar surface area (TPSA) is 51.2 Å². The van der Waals surface area contributed by atoms with Gasteiger partial charge in [-0.15, -0.1) is 11.3 Å². The largest absolute Gasteiger partial charge is 0.472 e. The Labute approximate surface area is 86.5 Å². The number of aryl methyl sites for hydroxylation is 1. The molecule has 0 aliphatic rings. The second kappa shape index (κ2) is 3.96. The quantitative estimate of drug-likeness (QED) is 0.600. The predicted molar refractivity (Wildman–Crippen MR) is 56.9 cm³/mol.